The third kappa shape index (κ3) is 3.53. The van der Waals surface area contributed by atoms with E-state index in [1.165, 1.54) is 24.3 Å². The van der Waals surface area contributed by atoms with E-state index >= 15 is 0 Å². The molecule has 3 nitrogen and oxygen atoms in total. The zero-order valence-corrected chi connectivity index (χ0v) is 9.58. The van der Waals surface area contributed by atoms with Gasteiger partial charge in [0.15, 0.2) is 0 Å². The highest BCUT2D eigenvalue weighted by atomic mass is 35.5. The zero-order valence-electron chi connectivity index (χ0n) is 8.76. The monoisotopic (exact) mass is 252 g/mol. The molecule has 2 rings (SSSR count). The molecule has 0 spiro atoms. The lowest BCUT2D eigenvalue weighted by Gasteiger charge is -2.04. The van der Waals surface area contributed by atoms with E-state index in [4.69, 9.17) is 0 Å². The van der Waals surface area contributed by atoms with E-state index in [1.54, 1.807) is 24.5 Å². The van der Waals surface area contributed by atoms with E-state index < -0.39 is 0 Å². The van der Waals surface area contributed by atoms with Crippen LogP contribution in [0.5, 0.6) is 0 Å². The number of aromatic nitrogens is 1. The van der Waals surface area contributed by atoms with Gasteiger partial charge in [-0.15, -0.1) is 12.4 Å². The van der Waals surface area contributed by atoms with Gasteiger partial charge in [0.25, 0.3) is 5.91 Å². The summed E-state index contributed by atoms with van der Waals surface area (Å²) in [6.45, 7) is 0. The predicted octanol–water partition coefficient (Wildman–Crippen LogP) is 2.89. The maximum atomic E-state index is 12.6. The van der Waals surface area contributed by atoms with Crippen molar-refractivity contribution in [1.29, 1.82) is 0 Å². The molecule has 0 aliphatic rings. The zero-order chi connectivity index (χ0) is 11.4. The number of benzene rings is 1. The fraction of sp³-hybridized carbons (Fsp3) is 0. The molecule has 0 unspecified atom stereocenters. The molecule has 0 aliphatic carbocycles. The molecule has 0 bridgehead atoms. The summed E-state index contributed by atoms with van der Waals surface area (Å²) in [4.78, 5) is 15.5. The molecule has 0 saturated heterocycles. The van der Waals surface area contributed by atoms with Crippen molar-refractivity contribution in [3.63, 3.8) is 0 Å². The van der Waals surface area contributed by atoms with Crippen molar-refractivity contribution in [1.82, 2.24) is 4.98 Å². The minimum Gasteiger partial charge on any atom is -0.322 e. The van der Waals surface area contributed by atoms with E-state index in [9.17, 15) is 9.18 Å². The van der Waals surface area contributed by atoms with Gasteiger partial charge in [0, 0.05) is 23.6 Å². The molecule has 1 aromatic carbocycles. The van der Waals surface area contributed by atoms with Crippen LogP contribution < -0.4 is 5.32 Å². The second kappa shape index (κ2) is 5.96. The maximum absolute atomic E-state index is 12.6. The number of amides is 1. The van der Waals surface area contributed by atoms with Crippen LogP contribution in [0.4, 0.5) is 10.1 Å². The highest BCUT2D eigenvalue weighted by Gasteiger charge is 2.04. The fourth-order valence-electron chi connectivity index (χ4n) is 1.24. The molecule has 1 heterocycles. The Morgan fingerprint density at radius 3 is 2.24 bits per heavy atom. The number of nitrogens with one attached hydrogen (secondary N) is 1. The Morgan fingerprint density at radius 1 is 1.06 bits per heavy atom. The molecule has 0 aliphatic heterocycles. The van der Waals surface area contributed by atoms with Crippen LogP contribution in [0, 0.1) is 5.82 Å². The second-order valence-electron chi connectivity index (χ2n) is 3.20. The van der Waals surface area contributed by atoms with Crippen LogP contribution in [0.3, 0.4) is 0 Å². The smallest absolute Gasteiger partial charge is 0.255 e. The lowest BCUT2D eigenvalue weighted by molar-refractivity contribution is 0.102. The summed E-state index contributed by atoms with van der Waals surface area (Å²) in [5.41, 5.74) is 1.07. The number of pyridine rings is 1. The predicted molar refractivity (Wildman–Crippen MR) is 65.8 cm³/mol. The maximum Gasteiger partial charge on any atom is 0.255 e. The molecular formula is C12H10ClFN2O. The van der Waals surface area contributed by atoms with Gasteiger partial charge in [0.1, 0.15) is 5.82 Å². The van der Waals surface area contributed by atoms with Gasteiger partial charge in [-0.25, -0.2) is 4.39 Å². The molecule has 0 atom stereocenters. The highest BCUT2D eigenvalue weighted by Crippen LogP contribution is 2.09. The van der Waals surface area contributed by atoms with Crippen LogP contribution >= 0.6 is 12.4 Å². The molecule has 1 amide bonds. The molecule has 2 aromatic rings. The van der Waals surface area contributed by atoms with Crippen molar-refractivity contribution in [2.45, 2.75) is 0 Å². The summed E-state index contributed by atoms with van der Waals surface area (Å²) in [6, 6.07) is 8.82. The molecule has 1 aromatic heterocycles. The summed E-state index contributed by atoms with van der Waals surface area (Å²) in [5.74, 6) is -0.573. The van der Waals surface area contributed by atoms with Crippen LogP contribution in [0.2, 0.25) is 0 Å². The van der Waals surface area contributed by atoms with Crippen molar-refractivity contribution < 1.29 is 9.18 Å². The number of carbonyl (C=O) groups excluding carboxylic acids is 1. The third-order valence-corrected chi connectivity index (χ3v) is 2.04. The molecular weight excluding hydrogens is 243 g/mol. The van der Waals surface area contributed by atoms with Gasteiger partial charge in [-0.1, -0.05) is 0 Å². The lowest BCUT2D eigenvalue weighted by atomic mass is 10.2. The van der Waals surface area contributed by atoms with Crippen LogP contribution in [0.15, 0.2) is 48.8 Å². The summed E-state index contributed by atoms with van der Waals surface area (Å²) >= 11 is 0. The average molecular weight is 253 g/mol. The van der Waals surface area contributed by atoms with Crippen LogP contribution in [-0.4, -0.2) is 10.9 Å². The van der Waals surface area contributed by atoms with E-state index in [1.807, 2.05) is 0 Å². The molecule has 0 radical (unpaired) electrons. The average Bonchev–Trinajstić information content (AvgIpc) is 2.33. The van der Waals surface area contributed by atoms with Gasteiger partial charge in [-0.3, -0.25) is 9.78 Å². The first-order chi connectivity index (χ1) is 7.75. The molecule has 17 heavy (non-hydrogen) atoms. The van der Waals surface area contributed by atoms with Gasteiger partial charge < -0.3 is 5.32 Å². The topological polar surface area (TPSA) is 42.0 Å². The molecule has 88 valence electrons. The van der Waals surface area contributed by atoms with Crippen LogP contribution in [-0.2, 0) is 0 Å². The molecule has 0 saturated carbocycles. The minimum absolute atomic E-state index is 0. The summed E-state index contributed by atoms with van der Waals surface area (Å²) < 4.78 is 12.6. The normalized spacial score (nSPS) is 9.24. The largest absolute Gasteiger partial charge is 0.322 e. The molecule has 5 heteroatoms. The van der Waals surface area contributed by atoms with Gasteiger partial charge in [-0.05, 0) is 36.4 Å². The van der Waals surface area contributed by atoms with Crippen molar-refractivity contribution in [3.05, 3.63) is 60.2 Å². The first-order valence-corrected chi connectivity index (χ1v) is 4.72. The van der Waals surface area contributed by atoms with Gasteiger partial charge in [0.05, 0.1) is 0 Å². The van der Waals surface area contributed by atoms with Crippen molar-refractivity contribution in [3.8, 4) is 0 Å². The minimum atomic E-state index is -0.332. The third-order valence-electron chi connectivity index (χ3n) is 2.04. The Balaban J connectivity index is 0.00000144. The van der Waals surface area contributed by atoms with Crippen molar-refractivity contribution in [2.75, 3.05) is 5.32 Å². The van der Waals surface area contributed by atoms with Gasteiger partial charge >= 0.3 is 0 Å². The quantitative estimate of drug-likeness (QED) is 0.893. The molecule has 1 N–H and O–H groups in total. The summed E-state index contributed by atoms with van der Waals surface area (Å²) in [6.07, 6.45) is 3.08. The summed E-state index contributed by atoms with van der Waals surface area (Å²) in [7, 11) is 0. The number of nitrogens with zero attached hydrogens (tertiary/aromatic N) is 1. The highest BCUT2D eigenvalue weighted by molar-refractivity contribution is 6.04. The first kappa shape index (κ1) is 13.1. The van der Waals surface area contributed by atoms with Crippen LogP contribution in [0.1, 0.15) is 10.4 Å². The Morgan fingerprint density at radius 2 is 1.65 bits per heavy atom. The number of halogens is 2. The van der Waals surface area contributed by atoms with E-state index in [-0.39, 0.29) is 24.1 Å². The Hall–Kier alpha value is -1.94. The lowest BCUT2D eigenvalue weighted by Crippen LogP contribution is -2.11. The van der Waals surface area contributed by atoms with E-state index in [0.29, 0.717) is 11.3 Å². The number of carbonyl (C=O) groups is 1. The Labute approximate surface area is 104 Å². The molecule has 0 fully saturated rings. The summed E-state index contributed by atoms with van der Waals surface area (Å²) in [5, 5.41) is 2.65. The number of hydrogen-bond donors (Lipinski definition) is 1. The Kier molecular flexibility index (Phi) is 4.60. The van der Waals surface area contributed by atoms with Gasteiger partial charge in [0.2, 0.25) is 0 Å². The van der Waals surface area contributed by atoms with E-state index in [0.717, 1.165) is 0 Å². The van der Waals surface area contributed by atoms with Crippen molar-refractivity contribution in [2.24, 2.45) is 0 Å². The Bertz CT molecular complexity index is 488. The number of hydrogen-bond acceptors (Lipinski definition) is 2. The fourth-order valence-corrected chi connectivity index (χ4v) is 1.24. The van der Waals surface area contributed by atoms with E-state index in [2.05, 4.69) is 10.3 Å². The van der Waals surface area contributed by atoms with Crippen LogP contribution in [0.25, 0.3) is 0 Å². The SMILES string of the molecule is Cl.O=C(Nc1ccc(F)cc1)c1ccncc1. The van der Waals surface area contributed by atoms with Crippen molar-refractivity contribution >= 4 is 24.0 Å². The van der Waals surface area contributed by atoms with Gasteiger partial charge in [-0.2, -0.15) is 0 Å². The second-order valence-corrected chi connectivity index (χ2v) is 3.20. The standard InChI is InChI=1S/C12H9FN2O.ClH/c13-10-1-3-11(4-2-10)15-12(16)9-5-7-14-8-6-9;/h1-8H,(H,15,16);1H. The first-order valence-electron chi connectivity index (χ1n) is 4.72. The number of anilines is 1. The number of rotatable bonds is 2.